The zero-order valence-corrected chi connectivity index (χ0v) is 13.8. The van der Waals surface area contributed by atoms with Gasteiger partial charge in [-0.2, -0.15) is 0 Å². The Balaban J connectivity index is -0.000000288. The van der Waals surface area contributed by atoms with Crippen LogP contribution >= 0.6 is 0 Å². The van der Waals surface area contributed by atoms with Gasteiger partial charge in [-0.1, -0.05) is 0 Å². The van der Waals surface area contributed by atoms with E-state index in [1.165, 1.54) is 0 Å². The Hall–Kier alpha value is -0.300. The Morgan fingerprint density at radius 3 is 1.17 bits per heavy atom. The molecule has 0 radical (unpaired) electrons. The molecule has 0 aliphatic heterocycles. The molecular weight excluding hydrogens is 449 g/mol. The van der Waals surface area contributed by atoms with Crippen molar-refractivity contribution in [1.29, 1.82) is 0 Å². The van der Waals surface area contributed by atoms with Crippen LogP contribution in [0.25, 0.3) is 0 Å². The first kappa shape index (κ1) is 43.6. The minimum absolute atomic E-state index is 0. The first-order valence-corrected chi connectivity index (χ1v) is 6.30. The third kappa shape index (κ3) is 14.7. The molecule has 0 fully saturated rings. The molecule has 0 aromatic carbocycles. The summed E-state index contributed by atoms with van der Waals surface area (Å²) in [4.78, 5) is 66.0. The van der Waals surface area contributed by atoms with E-state index >= 15 is 0 Å². The number of aliphatic carboxylic acids is 5. The predicted octanol–water partition coefficient (Wildman–Crippen LogP) is -3.64. The van der Waals surface area contributed by atoms with E-state index in [-0.39, 0.29) is 101 Å². The number of carboxylic acid groups (broad SMARTS) is 5. The van der Waals surface area contributed by atoms with Gasteiger partial charge in [0.1, 0.15) is 0 Å². The molecule has 162 valence electrons. The molecule has 0 heterocycles. The summed E-state index contributed by atoms with van der Waals surface area (Å²) < 4.78 is 4.33. The fourth-order valence-corrected chi connectivity index (χ4v) is 1.77. The van der Waals surface area contributed by atoms with Crippen molar-refractivity contribution in [2.75, 3.05) is 0 Å². The number of hydrogen-bond acceptors (Lipinski definition) is 10. The number of rotatable bonds is 11. The quantitative estimate of drug-likeness (QED) is 0.106. The number of ether oxygens (including phenoxy) is 1. The van der Waals surface area contributed by atoms with Crippen LogP contribution < -0.4 is 12.3 Å². The molecule has 0 bridgehead atoms. The van der Waals surface area contributed by atoms with Crippen molar-refractivity contribution >= 4 is 124 Å². The Labute approximate surface area is 235 Å². The molecule has 18 heteroatoms. The maximum absolute atomic E-state index is 11.7. The third-order valence-corrected chi connectivity index (χ3v) is 2.85. The van der Waals surface area contributed by atoms with Gasteiger partial charge in [0.05, 0.1) is 25.7 Å². The SMILES string of the molecule is N.N.O=C(O)CC(O)(CC(=O)OC(CC(=O)O)(CC(=O)O)C(=O)O)C(=O)O.[NaH].[NaH].[NaH]. The number of carbonyl (C=O) groups is 6. The second-order valence-corrected chi connectivity index (χ2v) is 5.00. The maximum atomic E-state index is 11.7. The fourth-order valence-electron chi connectivity index (χ4n) is 1.77. The van der Waals surface area contributed by atoms with Crippen molar-refractivity contribution in [3.8, 4) is 0 Å². The molecule has 0 aliphatic carbocycles. The zero-order chi connectivity index (χ0) is 20.0. The van der Waals surface area contributed by atoms with Crippen LogP contribution in [0, 0.1) is 0 Å². The first-order valence-electron chi connectivity index (χ1n) is 6.30. The number of hydrogen-bond donors (Lipinski definition) is 8. The summed E-state index contributed by atoms with van der Waals surface area (Å²) in [5, 5.41) is 53.5. The normalized spacial score (nSPS) is 11.1. The van der Waals surface area contributed by atoms with Crippen molar-refractivity contribution in [1.82, 2.24) is 12.3 Å². The molecule has 0 rings (SSSR count). The molecule has 0 spiro atoms. The number of esters is 1. The van der Waals surface area contributed by atoms with Crippen LogP contribution in [0.2, 0.25) is 0 Å². The van der Waals surface area contributed by atoms with Crippen LogP contribution in [0.15, 0.2) is 0 Å². The minimum atomic E-state index is -3.17. The molecule has 0 saturated carbocycles. The molecule has 1 atom stereocenters. The van der Waals surface area contributed by atoms with Gasteiger partial charge < -0.3 is 47.7 Å². The molecule has 30 heavy (non-hydrogen) atoms. The van der Waals surface area contributed by atoms with Gasteiger partial charge in [-0.25, -0.2) is 9.59 Å². The summed E-state index contributed by atoms with van der Waals surface area (Å²) in [5.41, 5.74) is -6.24. The molecule has 12 N–H and O–H groups in total. The number of carboxylic acids is 5. The molecule has 1 unspecified atom stereocenters. The van der Waals surface area contributed by atoms with Crippen molar-refractivity contribution < 1.29 is 64.1 Å². The molecular formula is C12H23N2Na3O13. The monoisotopic (exact) mass is 472 g/mol. The van der Waals surface area contributed by atoms with E-state index in [4.69, 9.17) is 25.5 Å². The van der Waals surface area contributed by atoms with E-state index in [2.05, 4.69) is 4.74 Å². The zero-order valence-electron chi connectivity index (χ0n) is 13.8. The topological polar surface area (TPSA) is 303 Å². The Morgan fingerprint density at radius 2 is 0.933 bits per heavy atom. The van der Waals surface area contributed by atoms with E-state index in [1.807, 2.05) is 0 Å². The Kier molecular flexibility index (Phi) is 26.6. The second kappa shape index (κ2) is 18.3. The van der Waals surface area contributed by atoms with Gasteiger partial charge in [-0.3, -0.25) is 19.2 Å². The van der Waals surface area contributed by atoms with Crippen LogP contribution in [0.3, 0.4) is 0 Å². The second-order valence-electron chi connectivity index (χ2n) is 5.00. The molecule has 0 aromatic rings. The fraction of sp³-hybridized carbons (Fsp3) is 0.500. The summed E-state index contributed by atoms with van der Waals surface area (Å²) in [6.07, 6.45) is -5.94. The van der Waals surface area contributed by atoms with Gasteiger partial charge in [0.15, 0.2) is 5.60 Å². The Morgan fingerprint density at radius 1 is 0.600 bits per heavy atom. The third-order valence-electron chi connectivity index (χ3n) is 2.85. The van der Waals surface area contributed by atoms with Gasteiger partial charge in [0.25, 0.3) is 0 Å². The van der Waals surface area contributed by atoms with Gasteiger partial charge in [0, 0.05) is 0 Å². The molecule has 15 nitrogen and oxygen atoms in total. The number of aliphatic hydroxyl groups is 1. The van der Waals surface area contributed by atoms with Crippen molar-refractivity contribution in [2.45, 2.75) is 36.9 Å². The predicted molar refractivity (Wildman–Crippen MR) is 102 cm³/mol. The van der Waals surface area contributed by atoms with E-state index in [9.17, 15) is 33.9 Å². The molecule has 0 aromatic heterocycles. The standard InChI is InChI=1S/C12H14O13.2H3N.3Na.3H/c13-5(14)1-11(24,9(20)21)4-8(19)25-12(10(22)23,2-6(15)16)3-7(17)18;;;;;;;;/h24H,1-4H2,(H,13,14)(H,15,16)(H,17,18)(H,20,21)(H,22,23);2*1H3;;;;;;. The summed E-state index contributed by atoms with van der Waals surface area (Å²) in [7, 11) is 0. The van der Waals surface area contributed by atoms with Crippen LogP contribution in [-0.2, 0) is 33.5 Å². The van der Waals surface area contributed by atoms with Gasteiger partial charge in [-0.15, -0.1) is 0 Å². The summed E-state index contributed by atoms with van der Waals surface area (Å²) in [6.45, 7) is 0. The van der Waals surface area contributed by atoms with Crippen LogP contribution in [-0.4, -0.2) is 166 Å². The van der Waals surface area contributed by atoms with Crippen molar-refractivity contribution in [3.63, 3.8) is 0 Å². The van der Waals surface area contributed by atoms with E-state index in [0.717, 1.165) is 0 Å². The average Bonchev–Trinajstić information content (AvgIpc) is 2.34. The van der Waals surface area contributed by atoms with Crippen molar-refractivity contribution in [2.24, 2.45) is 0 Å². The van der Waals surface area contributed by atoms with Crippen LogP contribution in [0.5, 0.6) is 0 Å². The summed E-state index contributed by atoms with van der Waals surface area (Å²) in [5.74, 6) is -11.6. The van der Waals surface area contributed by atoms with Gasteiger partial charge >= 0.3 is 124 Å². The average molecular weight is 472 g/mol. The van der Waals surface area contributed by atoms with Crippen LogP contribution in [0.1, 0.15) is 25.7 Å². The van der Waals surface area contributed by atoms with E-state index in [0.29, 0.717) is 0 Å². The molecule has 0 saturated heterocycles. The van der Waals surface area contributed by atoms with Crippen LogP contribution in [0.4, 0.5) is 0 Å². The Bertz CT molecular complexity index is 614. The molecule has 0 aliphatic rings. The first-order chi connectivity index (χ1) is 11.2. The van der Waals surface area contributed by atoms with Gasteiger partial charge in [0.2, 0.25) is 5.60 Å². The van der Waals surface area contributed by atoms with E-state index in [1.54, 1.807) is 0 Å². The van der Waals surface area contributed by atoms with E-state index < -0.39 is 72.7 Å². The molecule has 0 amide bonds. The number of carbonyl (C=O) groups excluding carboxylic acids is 1. The van der Waals surface area contributed by atoms with Crippen molar-refractivity contribution in [3.05, 3.63) is 0 Å². The van der Waals surface area contributed by atoms with Gasteiger partial charge in [-0.05, 0) is 0 Å². The summed E-state index contributed by atoms with van der Waals surface area (Å²) in [6, 6.07) is 0. The summed E-state index contributed by atoms with van der Waals surface area (Å²) >= 11 is 0.